The third-order valence-electron chi connectivity index (χ3n) is 3.99. The van der Waals surface area contributed by atoms with Crippen molar-refractivity contribution in [1.29, 1.82) is 0 Å². The number of nitrogens with two attached hydrogens (primary N) is 1. The highest BCUT2D eigenvalue weighted by molar-refractivity contribution is 5.78. The Kier molecular flexibility index (Phi) is 2.98. The van der Waals surface area contributed by atoms with Gasteiger partial charge < -0.3 is 11.1 Å². The molecule has 2 aliphatic rings. The first-order valence-electron chi connectivity index (χ1n) is 6.87. The second-order valence-electron chi connectivity index (χ2n) is 5.61. The van der Waals surface area contributed by atoms with Gasteiger partial charge in [-0.3, -0.25) is 4.99 Å². The molecule has 2 fully saturated rings. The minimum Gasteiger partial charge on any atom is -0.370 e. The van der Waals surface area contributed by atoms with Crippen molar-refractivity contribution < 1.29 is 0 Å². The molecule has 3 nitrogen and oxygen atoms in total. The number of rotatable bonds is 3. The number of nitrogens with zero attached hydrogens (tertiary/aromatic N) is 1. The fourth-order valence-electron chi connectivity index (χ4n) is 2.68. The Morgan fingerprint density at radius 1 is 1.28 bits per heavy atom. The second-order valence-corrected chi connectivity index (χ2v) is 5.61. The average molecular weight is 243 g/mol. The molecule has 0 spiro atoms. The summed E-state index contributed by atoms with van der Waals surface area (Å²) in [6, 6.07) is 9.69. The van der Waals surface area contributed by atoms with E-state index >= 15 is 0 Å². The van der Waals surface area contributed by atoms with E-state index in [0.29, 0.717) is 24.0 Å². The maximum absolute atomic E-state index is 5.88. The summed E-state index contributed by atoms with van der Waals surface area (Å²) in [4.78, 5) is 4.41. The van der Waals surface area contributed by atoms with Gasteiger partial charge in [-0.1, -0.05) is 24.3 Å². The zero-order chi connectivity index (χ0) is 12.5. The first-order chi connectivity index (χ1) is 8.72. The topological polar surface area (TPSA) is 50.4 Å². The summed E-state index contributed by atoms with van der Waals surface area (Å²) >= 11 is 0. The monoisotopic (exact) mass is 243 g/mol. The normalized spacial score (nSPS) is 27.7. The predicted molar refractivity (Wildman–Crippen MR) is 74.7 cm³/mol. The van der Waals surface area contributed by atoms with Gasteiger partial charge in [-0.25, -0.2) is 0 Å². The van der Waals surface area contributed by atoms with Gasteiger partial charge in [0.1, 0.15) is 0 Å². The van der Waals surface area contributed by atoms with E-state index in [2.05, 4.69) is 41.5 Å². The molecule has 0 aliphatic heterocycles. The Labute approximate surface area is 108 Å². The van der Waals surface area contributed by atoms with Crippen LogP contribution in [0.4, 0.5) is 0 Å². The smallest absolute Gasteiger partial charge is 0.189 e. The van der Waals surface area contributed by atoms with E-state index in [1.807, 2.05) is 0 Å². The maximum Gasteiger partial charge on any atom is 0.189 e. The minimum absolute atomic E-state index is 0.504. The van der Waals surface area contributed by atoms with Crippen LogP contribution in [0.1, 0.15) is 42.7 Å². The molecule has 1 aromatic carbocycles. The van der Waals surface area contributed by atoms with Crippen molar-refractivity contribution in [3.63, 3.8) is 0 Å². The third kappa shape index (κ3) is 2.50. The highest BCUT2D eigenvalue weighted by Gasteiger charge is 2.31. The molecular weight excluding hydrogens is 222 g/mol. The van der Waals surface area contributed by atoms with E-state index in [4.69, 9.17) is 5.73 Å². The van der Waals surface area contributed by atoms with Gasteiger partial charge in [-0.15, -0.1) is 0 Å². The van der Waals surface area contributed by atoms with Gasteiger partial charge in [0.15, 0.2) is 5.96 Å². The molecule has 0 amide bonds. The van der Waals surface area contributed by atoms with Crippen molar-refractivity contribution in [1.82, 2.24) is 5.32 Å². The van der Waals surface area contributed by atoms with Gasteiger partial charge in [0.25, 0.3) is 0 Å². The van der Waals surface area contributed by atoms with Crippen LogP contribution in [0.3, 0.4) is 0 Å². The van der Waals surface area contributed by atoms with Crippen LogP contribution in [-0.2, 0) is 0 Å². The van der Waals surface area contributed by atoms with Gasteiger partial charge in [-0.2, -0.15) is 0 Å². The van der Waals surface area contributed by atoms with Crippen LogP contribution in [0.25, 0.3) is 0 Å². The quantitative estimate of drug-likeness (QED) is 0.632. The average Bonchev–Trinajstić information content (AvgIpc) is 3.08. The van der Waals surface area contributed by atoms with E-state index in [0.717, 1.165) is 0 Å². The molecule has 3 rings (SSSR count). The summed E-state index contributed by atoms with van der Waals surface area (Å²) < 4.78 is 0. The predicted octanol–water partition coefficient (Wildman–Crippen LogP) is 2.31. The summed E-state index contributed by atoms with van der Waals surface area (Å²) in [6.07, 6.45) is 4.76. The van der Waals surface area contributed by atoms with Crippen molar-refractivity contribution in [3.05, 3.63) is 35.4 Å². The lowest BCUT2D eigenvalue weighted by Crippen LogP contribution is -2.46. The molecule has 0 radical (unpaired) electrons. The lowest BCUT2D eigenvalue weighted by Gasteiger charge is -2.37. The molecule has 0 saturated heterocycles. The number of hydrogen-bond donors (Lipinski definition) is 2. The molecule has 2 aliphatic carbocycles. The molecule has 0 aromatic heterocycles. The third-order valence-corrected chi connectivity index (χ3v) is 3.99. The summed E-state index contributed by atoms with van der Waals surface area (Å²) in [6.45, 7) is 2.19. The molecular formula is C15H21N3. The van der Waals surface area contributed by atoms with Gasteiger partial charge in [-0.05, 0) is 49.7 Å². The zero-order valence-corrected chi connectivity index (χ0v) is 10.9. The van der Waals surface area contributed by atoms with Gasteiger partial charge in [0.05, 0.1) is 6.04 Å². The Balaban J connectivity index is 1.52. The van der Waals surface area contributed by atoms with Crippen LogP contribution in [0.5, 0.6) is 0 Å². The number of hydrogen-bond acceptors (Lipinski definition) is 1. The Bertz CT molecular complexity index is 457. The molecule has 0 heterocycles. The largest absolute Gasteiger partial charge is 0.370 e. The molecule has 18 heavy (non-hydrogen) atoms. The molecule has 0 unspecified atom stereocenters. The van der Waals surface area contributed by atoms with Crippen LogP contribution in [-0.4, -0.2) is 18.0 Å². The lowest BCUT2D eigenvalue weighted by atomic mass is 9.74. The van der Waals surface area contributed by atoms with Gasteiger partial charge in [0, 0.05) is 6.04 Å². The highest BCUT2D eigenvalue weighted by atomic mass is 15.1. The number of nitrogens with one attached hydrogen (secondary N) is 1. The number of aliphatic imine (C=N–C) groups is 1. The molecule has 0 atom stereocenters. The molecule has 96 valence electrons. The van der Waals surface area contributed by atoms with Crippen molar-refractivity contribution in [2.24, 2.45) is 10.7 Å². The van der Waals surface area contributed by atoms with Crippen LogP contribution in [0.2, 0.25) is 0 Å². The molecule has 0 bridgehead atoms. The first-order valence-corrected chi connectivity index (χ1v) is 6.87. The van der Waals surface area contributed by atoms with Crippen molar-refractivity contribution in [2.75, 3.05) is 0 Å². The van der Waals surface area contributed by atoms with E-state index in [1.165, 1.54) is 36.8 Å². The van der Waals surface area contributed by atoms with E-state index in [1.54, 1.807) is 0 Å². The van der Waals surface area contributed by atoms with Gasteiger partial charge >= 0.3 is 0 Å². The second kappa shape index (κ2) is 4.63. The SMILES string of the molecule is Cc1ccccc1C1CC(NC(N)=NC2CC2)C1. The van der Waals surface area contributed by atoms with E-state index in [-0.39, 0.29) is 0 Å². The summed E-state index contributed by atoms with van der Waals surface area (Å²) in [7, 11) is 0. The fourth-order valence-corrected chi connectivity index (χ4v) is 2.68. The van der Waals surface area contributed by atoms with Gasteiger partial charge in [0.2, 0.25) is 0 Å². The molecule has 2 saturated carbocycles. The number of guanidine groups is 1. The summed E-state index contributed by atoms with van der Waals surface area (Å²) in [5.41, 5.74) is 8.77. The van der Waals surface area contributed by atoms with E-state index in [9.17, 15) is 0 Å². The van der Waals surface area contributed by atoms with Crippen LogP contribution in [0, 0.1) is 6.92 Å². The standard InChI is InChI=1S/C15H21N3/c1-10-4-2-3-5-14(10)11-8-13(9-11)18-15(16)17-12-6-7-12/h2-5,11-13H,6-9H2,1H3,(H3,16,17,18). The van der Waals surface area contributed by atoms with E-state index < -0.39 is 0 Å². The van der Waals surface area contributed by atoms with Crippen LogP contribution >= 0.6 is 0 Å². The van der Waals surface area contributed by atoms with Crippen molar-refractivity contribution in [2.45, 2.75) is 50.6 Å². The Morgan fingerprint density at radius 2 is 2.00 bits per heavy atom. The summed E-state index contributed by atoms with van der Waals surface area (Å²) in [5, 5.41) is 3.33. The van der Waals surface area contributed by atoms with Crippen molar-refractivity contribution in [3.8, 4) is 0 Å². The maximum atomic E-state index is 5.88. The number of aryl methyl sites for hydroxylation is 1. The Hall–Kier alpha value is -1.51. The highest BCUT2D eigenvalue weighted by Crippen LogP contribution is 2.38. The first kappa shape index (κ1) is 11.6. The zero-order valence-electron chi connectivity index (χ0n) is 10.9. The summed E-state index contributed by atoms with van der Waals surface area (Å²) in [5.74, 6) is 1.34. The van der Waals surface area contributed by atoms with Crippen molar-refractivity contribution >= 4 is 5.96 Å². The molecule has 1 aromatic rings. The fraction of sp³-hybridized carbons (Fsp3) is 0.533. The van der Waals surface area contributed by atoms with Crippen LogP contribution < -0.4 is 11.1 Å². The van der Waals surface area contributed by atoms with Crippen LogP contribution in [0.15, 0.2) is 29.3 Å². The minimum atomic E-state index is 0.504. The molecule has 3 heteroatoms. The Morgan fingerprint density at radius 3 is 2.67 bits per heavy atom. The lowest BCUT2D eigenvalue weighted by molar-refractivity contribution is 0.322. The molecule has 3 N–H and O–H groups in total. The number of benzene rings is 1.